The molecule has 4 rings (SSSR count). The number of amides is 1. The number of H-pyrrole nitrogens is 1. The zero-order valence-corrected chi connectivity index (χ0v) is 16.8. The second-order valence-electron chi connectivity index (χ2n) is 6.90. The van der Waals surface area contributed by atoms with Gasteiger partial charge in [0.25, 0.3) is 5.91 Å². The minimum atomic E-state index is -0.106. The van der Waals surface area contributed by atoms with E-state index in [0.717, 1.165) is 27.0 Å². The lowest BCUT2D eigenvalue weighted by molar-refractivity contribution is 0.0577. The van der Waals surface area contributed by atoms with Crippen LogP contribution >= 0.6 is 11.3 Å². The molecule has 7 nitrogen and oxygen atoms in total. The third kappa shape index (κ3) is 3.52. The number of hydrogen-bond acceptors (Lipinski definition) is 6. The van der Waals surface area contributed by atoms with Gasteiger partial charge in [0, 0.05) is 37.6 Å². The standard InChI is InChI=1S/C21H19N5O2S/c1-12-16(21(27)26-10-14(8-23)11-26)9-24-20(12)18(5-6-22)28-15-3-4-19-17(7-15)25-13(2)29-19/h3-7,9,14,22,24H,10-11H2,1-2H3/b18-5+,22-6?. The quantitative estimate of drug-likeness (QED) is 0.496. The van der Waals surface area contributed by atoms with Crippen molar-refractivity contribution in [2.24, 2.45) is 5.92 Å². The normalized spacial score (nSPS) is 14.5. The number of nitrogens with zero attached hydrogens (tertiary/aromatic N) is 3. The summed E-state index contributed by atoms with van der Waals surface area (Å²) < 4.78 is 7.13. The highest BCUT2D eigenvalue weighted by Crippen LogP contribution is 2.30. The Morgan fingerprint density at radius 1 is 1.45 bits per heavy atom. The number of aromatic nitrogens is 2. The van der Waals surface area contributed by atoms with Crippen LogP contribution in [0.4, 0.5) is 0 Å². The van der Waals surface area contributed by atoms with Gasteiger partial charge in [-0.15, -0.1) is 11.3 Å². The summed E-state index contributed by atoms with van der Waals surface area (Å²) in [4.78, 5) is 21.9. The van der Waals surface area contributed by atoms with E-state index in [2.05, 4.69) is 16.0 Å². The van der Waals surface area contributed by atoms with Crippen molar-refractivity contribution in [2.75, 3.05) is 13.1 Å². The van der Waals surface area contributed by atoms with Crippen molar-refractivity contribution in [3.63, 3.8) is 0 Å². The van der Waals surface area contributed by atoms with Gasteiger partial charge in [-0.05, 0) is 31.5 Å². The van der Waals surface area contributed by atoms with Gasteiger partial charge in [0.1, 0.15) is 5.75 Å². The van der Waals surface area contributed by atoms with Crippen LogP contribution < -0.4 is 4.74 Å². The number of nitrogens with one attached hydrogen (secondary N) is 2. The van der Waals surface area contributed by atoms with Gasteiger partial charge in [0.2, 0.25) is 0 Å². The first-order valence-electron chi connectivity index (χ1n) is 9.13. The van der Waals surface area contributed by atoms with Gasteiger partial charge in [-0.3, -0.25) is 4.79 Å². The molecule has 0 spiro atoms. The van der Waals surface area contributed by atoms with Crippen molar-refractivity contribution in [1.82, 2.24) is 14.9 Å². The summed E-state index contributed by atoms with van der Waals surface area (Å²) in [5.74, 6) is 0.863. The lowest BCUT2D eigenvalue weighted by atomic mass is 10.00. The molecule has 0 radical (unpaired) electrons. The Labute approximate surface area is 171 Å². The minimum Gasteiger partial charge on any atom is -0.455 e. The Morgan fingerprint density at radius 3 is 2.97 bits per heavy atom. The highest BCUT2D eigenvalue weighted by atomic mass is 32.1. The Bertz CT molecular complexity index is 1180. The number of rotatable bonds is 5. The summed E-state index contributed by atoms with van der Waals surface area (Å²) in [7, 11) is 0. The zero-order chi connectivity index (χ0) is 20.5. The third-order valence-electron chi connectivity index (χ3n) is 4.90. The molecular weight excluding hydrogens is 386 g/mol. The molecule has 1 amide bonds. The lowest BCUT2D eigenvalue weighted by Crippen LogP contribution is -2.49. The van der Waals surface area contributed by atoms with Crippen molar-refractivity contribution in [2.45, 2.75) is 13.8 Å². The molecule has 1 aliphatic rings. The van der Waals surface area contributed by atoms with Crippen molar-refractivity contribution in [1.29, 1.82) is 10.7 Å². The van der Waals surface area contributed by atoms with Crippen LogP contribution in [0.5, 0.6) is 5.75 Å². The van der Waals surface area contributed by atoms with Crippen molar-refractivity contribution < 1.29 is 9.53 Å². The van der Waals surface area contributed by atoms with Gasteiger partial charge in [0.15, 0.2) is 5.76 Å². The van der Waals surface area contributed by atoms with Gasteiger partial charge in [0.05, 0.1) is 38.5 Å². The molecule has 3 aromatic rings. The summed E-state index contributed by atoms with van der Waals surface area (Å²) >= 11 is 1.62. The molecule has 1 aliphatic heterocycles. The van der Waals surface area contributed by atoms with Crippen LogP contribution in [0.15, 0.2) is 30.5 Å². The minimum absolute atomic E-state index is 0.0846. The number of hydrogen-bond donors (Lipinski definition) is 2. The van der Waals surface area contributed by atoms with Crippen LogP contribution in [0.1, 0.15) is 26.6 Å². The van der Waals surface area contributed by atoms with E-state index in [9.17, 15) is 4.79 Å². The van der Waals surface area contributed by atoms with Crippen molar-refractivity contribution in [3.8, 4) is 11.8 Å². The molecule has 1 aromatic carbocycles. The first kappa shape index (κ1) is 18.9. The molecule has 2 N–H and O–H groups in total. The summed E-state index contributed by atoms with van der Waals surface area (Å²) in [6.45, 7) is 4.72. The fourth-order valence-electron chi connectivity index (χ4n) is 3.33. The van der Waals surface area contributed by atoms with Crippen LogP contribution in [-0.4, -0.2) is 40.1 Å². The average molecular weight is 405 g/mol. The van der Waals surface area contributed by atoms with E-state index in [1.165, 1.54) is 0 Å². The Hall–Kier alpha value is -3.44. The third-order valence-corrected chi connectivity index (χ3v) is 5.85. The van der Waals surface area contributed by atoms with E-state index in [1.54, 1.807) is 28.5 Å². The van der Waals surface area contributed by atoms with Crippen LogP contribution in [-0.2, 0) is 0 Å². The van der Waals surface area contributed by atoms with E-state index in [0.29, 0.717) is 35.9 Å². The van der Waals surface area contributed by atoms with Gasteiger partial charge in [-0.1, -0.05) is 0 Å². The first-order chi connectivity index (χ1) is 14.0. The summed E-state index contributed by atoms with van der Waals surface area (Å²) in [6, 6.07) is 7.86. The fraction of sp³-hybridized carbons (Fsp3) is 0.238. The topological polar surface area (TPSA) is 106 Å². The van der Waals surface area contributed by atoms with Gasteiger partial charge < -0.3 is 20.0 Å². The molecule has 1 fully saturated rings. The van der Waals surface area contributed by atoms with E-state index < -0.39 is 0 Å². The number of thiazole rings is 1. The number of fused-ring (bicyclic) bond motifs is 1. The highest BCUT2D eigenvalue weighted by molar-refractivity contribution is 7.18. The average Bonchev–Trinajstić information content (AvgIpc) is 3.21. The summed E-state index contributed by atoms with van der Waals surface area (Å²) in [5.41, 5.74) is 2.79. The Balaban J connectivity index is 1.59. The molecule has 0 bridgehead atoms. The second-order valence-corrected chi connectivity index (χ2v) is 8.14. The van der Waals surface area contributed by atoms with Crippen molar-refractivity contribution >= 4 is 39.4 Å². The smallest absolute Gasteiger partial charge is 0.255 e. The maximum absolute atomic E-state index is 12.7. The van der Waals surface area contributed by atoms with Crippen LogP contribution in [0.3, 0.4) is 0 Å². The molecule has 8 heteroatoms. The van der Waals surface area contributed by atoms with Crippen molar-refractivity contribution in [3.05, 3.63) is 52.3 Å². The molecule has 0 saturated carbocycles. The number of benzene rings is 1. The number of aryl methyl sites for hydroxylation is 1. The molecule has 146 valence electrons. The van der Waals surface area contributed by atoms with Gasteiger partial charge in [-0.2, -0.15) is 5.26 Å². The van der Waals surface area contributed by atoms with Crippen LogP contribution in [0, 0.1) is 36.5 Å². The summed E-state index contributed by atoms with van der Waals surface area (Å²) in [5, 5.41) is 17.4. The van der Waals surface area contributed by atoms with E-state index in [-0.39, 0.29) is 11.8 Å². The predicted molar refractivity (Wildman–Crippen MR) is 112 cm³/mol. The number of carbonyl (C=O) groups excluding carboxylic acids is 1. The Kier molecular flexibility index (Phi) is 4.91. The number of carbonyl (C=O) groups is 1. The fourth-order valence-corrected chi connectivity index (χ4v) is 4.13. The number of aromatic amines is 1. The monoisotopic (exact) mass is 405 g/mol. The molecule has 2 aromatic heterocycles. The molecule has 0 unspecified atom stereocenters. The molecule has 29 heavy (non-hydrogen) atoms. The maximum Gasteiger partial charge on any atom is 0.255 e. The highest BCUT2D eigenvalue weighted by Gasteiger charge is 2.32. The van der Waals surface area contributed by atoms with E-state index in [1.807, 2.05) is 32.0 Å². The number of likely N-dealkylation sites (tertiary alicyclic amines) is 1. The Morgan fingerprint density at radius 2 is 2.24 bits per heavy atom. The molecule has 0 atom stereocenters. The molecular formula is C21H19N5O2S. The predicted octanol–water partition coefficient (Wildman–Crippen LogP) is 3.91. The first-order valence-corrected chi connectivity index (χ1v) is 9.95. The molecule has 0 aliphatic carbocycles. The lowest BCUT2D eigenvalue weighted by Gasteiger charge is -2.35. The SMILES string of the molecule is Cc1nc2cc(O/C(=C/C=N)c3[nH]cc(C(=O)N4CC(C#N)C4)c3C)ccc2s1. The van der Waals surface area contributed by atoms with E-state index >= 15 is 0 Å². The molecule has 1 saturated heterocycles. The van der Waals surface area contributed by atoms with Crippen LogP contribution in [0.2, 0.25) is 0 Å². The molecule has 3 heterocycles. The van der Waals surface area contributed by atoms with Crippen LogP contribution in [0.25, 0.3) is 16.0 Å². The largest absolute Gasteiger partial charge is 0.455 e. The van der Waals surface area contributed by atoms with Gasteiger partial charge in [-0.25, -0.2) is 4.98 Å². The van der Waals surface area contributed by atoms with E-state index in [4.69, 9.17) is 15.4 Å². The number of allylic oxidation sites excluding steroid dienone is 1. The maximum atomic E-state index is 12.7. The zero-order valence-electron chi connectivity index (χ0n) is 16.0. The number of ether oxygens (including phenoxy) is 1. The van der Waals surface area contributed by atoms with Gasteiger partial charge >= 0.3 is 0 Å². The summed E-state index contributed by atoms with van der Waals surface area (Å²) in [6.07, 6.45) is 4.34. The number of nitriles is 1. The second kappa shape index (κ2) is 7.53.